The fraction of sp³-hybridized carbons (Fsp3) is 0.143. The van der Waals surface area contributed by atoms with Crippen LogP contribution in [0.25, 0.3) is 0 Å². The van der Waals surface area contributed by atoms with E-state index in [-0.39, 0.29) is 16.9 Å². The van der Waals surface area contributed by atoms with E-state index >= 15 is 0 Å². The largest absolute Gasteiger partial charge is 0.483 e. The van der Waals surface area contributed by atoms with Crippen LogP contribution >= 0.6 is 11.6 Å². The number of benzene rings is 2. The van der Waals surface area contributed by atoms with Crippen molar-refractivity contribution >= 4 is 17.3 Å². The SMILES string of the molecule is CC(Oc1cccc(Cl)c1F)c1cccc(N)c1. The molecule has 1 atom stereocenters. The number of anilines is 1. The smallest absolute Gasteiger partial charge is 0.183 e. The molecule has 18 heavy (non-hydrogen) atoms. The van der Waals surface area contributed by atoms with Gasteiger partial charge in [0, 0.05) is 5.69 Å². The highest BCUT2D eigenvalue weighted by molar-refractivity contribution is 6.30. The number of hydrogen-bond acceptors (Lipinski definition) is 2. The third-order valence-corrected chi connectivity index (χ3v) is 2.89. The minimum Gasteiger partial charge on any atom is -0.483 e. The van der Waals surface area contributed by atoms with Crippen LogP contribution in [-0.4, -0.2) is 0 Å². The van der Waals surface area contributed by atoms with Crippen LogP contribution < -0.4 is 10.5 Å². The van der Waals surface area contributed by atoms with Crippen LogP contribution in [-0.2, 0) is 0 Å². The van der Waals surface area contributed by atoms with Gasteiger partial charge in [0.2, 0.25) is 0 Å². The molecule has 0 saturated carbocycles. The summed E-state index contributed by atoms with van der Waals surface area (Å²) in [5, 5.41) is 0.0484. The Labute approximate surface area is 110 Å². The second kappa shape index (κ2) is 5.27. The van der Waals surface area contributed by atoms with Crippen LogP contribution in [0.5, 0.6) is 5.75 Å². The maximum atomic E-state index is 13.7. The van der Waals surface area contributed by atoms with Gasteiger partial charge in [-0.25, -0.2) is 4.39 Å². The van der Waals surface area contributed by atoms with Crippen molar-refractivity contribution in [1.82, 2.24) is 0 Å². The van der Waals surface area contributed by atoms with Crippen molar-refractivity contribution in [2.75, 3.05) is 5.73 Å². The third-order valence-electron chi connectivity index (χ3n) is 2.60. The Morgan fingerprint density at radius 3 is 2.67 bits per heavy atom. The minimum atomic E-state index is -0.546. The molecule has 2 aromatic rings. The summed E-state index contributed by atoms with van der Waals surface area (Å²) in [6, 6.07) is 12.0. The van der Waals surface area contributed by atoms with Crippen molar-refractivity contribution in [3.05, 3.63) is 58.9 Å². The van der Waals surface area contributed by atoms with Gasteiger partial charge in [0.05, 0.1) is 5.02 Å². The molecule has 0 spiro atoms. The normalized spacial score (nSPS) is 12.2. The molecule has 4 heteroatoms. The van der Waals surface area contributed by atoms with Crippen LogP contribution in [0.3, 0.4) is 0 Å². The molecule has 0 aliphatic rings. The van der Waals surface area contributed by atoms with Gasteiger partial charge in [0.1, 0.15) is 6.10 Å². The summed E-state index contributed by atoms with van der Waals surface area (Å²) in [4.78, 5) is 0. The van der Waals surface area contributed by atoms with Crippen molar-refractivity contribution in [2.24, 2.45) is 0 Å². The van der Waals surface area contributed by atoms with E-state index in [1.807, 2.05) is 19.1 Å². The van der Waals surface area contributed by atoms with Gasteiger partial charge in [0.15, 0.2) is 11.6 Å². The number of hydrogen-bond donors (Lipinski definition) is 1. The summed E-state index contributed by atoms with van der Waals surface area (Å²) in [5.41, 5.74) is 7.22. The van der Waals surface area contributed by atoms with Crippen molar-refractivity contribution in [3.8, 4) is 5.75 Å². The van der Waals surface area contributed by atoms with Crippen molar-refractivity contribution < 1.29 is 9.13 Å². The first-order valence-corrected chi connectivity index (χ1v) is 5.92. The topological polar surface area (TPSA) is 35.2 Å². The zero-order valence-electron chi connectivity index (χ0n) is 9.86. The van der Waals surface area contributed by atoms with E-state index in [0.29, 0.717) is 5.69 Å². The summed E-state index contributed by atoms with van der Waals surface area (Å²) < 4.78 is 19.2. The number of rotatable bonds is 3. The second-order valence-corrected chi connectivity index (χ2v) is 4.39. The zero-order valence-corrected chi connectivity index (χ0v) is 10.6. The molecule has 0 radical (unpaired) electrons. The summed E-state index contributed by atoms with van der Waals surface area (Å²) in [7, 11) is 0. The van der Waals surface area contributed by atoms with E-state index in [2.05, 4.69) is 0 Å². The Morgan fingerprint density at radius 1 is 1.22 bits per heavy atom. The van der Waals surface area contributed by atoms with Crippen molar-refractivity contribution in [2.45, 2.75) is 13.0 Å². The van der Waals surface area contributed by atoms with Crippen LogP contribution in [0.15, 0.2) is 42.5 Å². The first-order valence-electron chi connectivity index (χ1n) is 5.54. The molecule has 0 aliphatic carbocycles. The molecule has 1 unspecified atom stereocenters. The highest BCUT2D eigenvalue weighted by Gasteiger charge is 2.12. The van der Waals surface area contributed by atoms with Gasteiger partial charge in [-0.2, -0.15) is 0 Å². The first kappa shape index (κ1) is 12.7. The number of nitrogen functional groups attached to an aromatic ring is 1. The van der Waals surface area contributed by atoms with Crippen LogP contribution in [0.2, 0.25) is 5.02 Å². The lowest BCUT2D eigenvalue weighted by Crippen LogP contribution is -2.05. The molecule has 0 aliphatic heterocycles. The predicted molar refractivity (Wildman–Crippen MR) is 71.3 cm³/mol. The number of halogens is 2. The molecule has 0 amide bonds. The molecule has 0 fully saturated rings. The molecule has 2 rings (SSSR count). The zero-order chi connectivity index (χ0) is 13.1. The van der Waals surface area contributed by atoms with E-state index in [1.165, 1.54) is 6.07 Å². The Bertz CT molecular complexity index is 559. The van der Waals surface area contributed by atoms with Gasteiger partial charge in [-0.15, -0.1) is 0 Å². The van der Waals surface area contributed by atoms with Crippen LogP contribution in [0.4, 0.5) is 10.1 Å². The average molecular weight is 266 g/mol. The molecular weight excluding hydrogens is 253 g/mol. The molecule has 0 bridgehead atoms. The Hall–Kier alpha value is -1.74. The lowest BCUT2D eigenvalue weighted by molar-refractivity contribution is 0.216. The van der Waals surface area contributed by atoms with E-state index < -0.39 is 5.82 Å². The number of nitrogens with two attached hydrogens (primary N) is 1. The molecule has 0 saturated heterocycles. The Morgan fingerprint density at radius 2 is 1.94 bits per heavy atom. The fourth-order valence-corrected chi connectivity index (χ4v) is 1.81. The van der Waals surface area contributed by atoms with Gasteiger partial charge in [0.25, 0.3) is 0 Å². The maximum Gasteiger partial charge on any atom is 0.183 e. The van der Waals surface area contributed by atoms with Crippen molar-refractivity contribution in [3.63, 3.8) is 0 Å². The minimum absolute atomic E-state index is 0.0484. The van der Waals surface area contributed by atoms with E-state index in [1.54, 1.807) is 24.3 Å². The molecule has 94 valence electrons. The lowest BCUT2D eigenvalue weighted by Gasteiger charge is -2.16. The van der Waals surface area contributed by atoms with Gasteiger partial charge >= 0.3 is 0 Å². The van der Waals surface area contributed by atoms with E-state index in [0.717, 1.165) is 5.56 Å². The lowest BCUT2D eigenvalue weighted by atomic mass is 10.1. The quantitative estimate of drug-likeness (QED) is 0.844. The number of ether oxygens (including phenoxy) is 1. The van der Waals surface area contributed by atoms with Gasteiger partial charge in [-0.3, -0.25) is 0 Å². The third kappa shape index (κ3) is 2.74. The van der Waals surface area contributed by atoms with Crippen molar-refractivity contribution in [1.29, 1.82) is 0 Å². The molecular formula is C14H13ClFNO. The van der Waals surface area contributed by atoms with E-state index in [9.17, 15) is 4.39 Å². The summed E-state index contributed by atoms with van der Waals surface area (Å²) in [6.07, 6.45) is -0.304. The molecule has 2 nitrogen and oxygen atoms in total. The molecule has 0 heterocycles. The average Bonchev–Trinajstić information content (AvgIpc) is 2.35. The standard InChI is InChI=1S/C14H13ClFNO/c1-9(10-4-2-5-11(17)8-10)18-13-7-3-6-12(15)14(13)16/h2-9H,17H2,1H3. The summed E-state index contributed by atoms with van der Waals surface area (Å²) in [6.45, 7) is 1.83. The molecule has 2 N–H and O–H groups in total. The summed E-state index contributed by atoms with van der Waals surface area (Å²) in [5.74, 6) is -0.410. The van der Waals surface area contributed by atoms with Crippen LogP contribution in [0, 0.1) is 5.82 Å². The molecule has 0 aromatic heterocycles. The van der Waals surface area contributed by atoms with Gasteiger partial charge in [-0.05, 0) is 36.8 Å². The van der Waals surface area contributed by atoms with Crippen LogP contribution in [0.1, 0.15) is 18.6 Å². The highest BCUT2D eigenvalue weighted by atomic mass is 35.5. The van der Waals surface area contributed by atoms with E-state index in [4.69, 9.17) is 22.1 Å². The summed E-state index contributed by atoms with van der Waals surface area (Å²) >= 11 is 5.69. The maximum absolute atomic E-state index is 13.7. The molecule has 2 aromatic carbocycles. The van der Waals surface area contributed by atoms with Gasteiger partial charge < -0.3 is 10.5 Å². The monoisotopic (exact) mass is 265 g/mol. The predicted octanol–water partition coefficient (Wildman–Crippen LogP) is 4.20. The Balaban J connectivity index is 2.21. The highest BCUT2D eigenvalue weighted by Crippen LogP contribution is 2.28. The Kier molecular flexibility index (Phi) is 3.72. The second-order valence-electron chi connectivity index (χ2n) is 3.98. The first-order chi connectivity index (χ1) is 8.58. The fourth-order valence-electron chi connectivity index (χ4n) is 1.65. The van der Waals surface area contributed by atoms with Gasteiger partial charge in [-0.1, -0.05) is 29.8 Å².